The van der Waals surface area contributed by atoms with Crippen LogP contribution in [0.25, 0.3) is 11.3 Å². The van der Waals surface area contributed by atoms with Crippen LogP contribution in [0.3, 0.4) is 0 Å². The number of nitrogens with zero attached hydrogens (tertiary/aromatic N) is 2. The van der Waals surface area contributed by atoms with Crippen molar-refractivity contribution in [3.63, 3.8) is 0 Å². The minimum atomic E-state index is -0.208. The predicted octanol–water partition coefficient (Wildman–Crippen LogP) is 3.59. The second-order valence-corrected chi connectivity index (χ2v) is 6.42. The summed E-state index contributed by atoms with van der Waals surface area (Å²) in [5.41, 5.74) is 0.982. The lowest BCUT2D eigenvalue weighted by atomic mass is 9.92. The van der Waals surface area contributed by atoms with Crippen LogP contribution in [0.1, 0.15) is 25.7 Å². The van der Waals surface area contributed by atoms with E-state index in [1.165, 1.54) is 0 Å². The number of halogens is 1. The minimum Gasteiger partial charge on any atom is -0.439 e. The lowest BCUT2D eigenvalue weighted by Crippen LogP contribution is -2.36. The number of rotatable bonds is 4. The normalized spacial score (nSPS) is 18.5. The van der Waals surface area contributed by atoms with Gasteiger partial charge in [0.25, 0.3) is 0 Å². The minimum absolute atomic E-state index is 0.208. The van der Waals surface area contributed by atoms with Crippen LogP contribution < -0.4 is 0 Å². The molecule has 1 saturated heterocycles. The number of hydrogen-bond acceptors (Lipinski definition) is 4. The quantitative estimate of drug-likeness (QED) is 0.935. The van der Waals surface area contributed by atoms with E-state index >= 15 is 0 Å². The molecule has 1 fully saturated rings. The van der Waals surface area contributed by atoms with Crippen LogP contribution in [-0.4, -0.2) is 34.2 Å². The zero-order valence-electron chi connectivity index (χ0n) is 12.7. The molecule has 2 heterocycles. The first-order valence-corrected chi connectivity index (χ1v) is 8.10. The first-order valence-electron chi connectivity index (χ1n) is 7.73. The highest BCUT2D eigenvalue weighted by Gasteiger charge is 2.23. The molecule has 0 radical (unpaired) electrons. The number of aliphatic hydroxyl groups is 1. The van der Waals surface area contributed by atoms with E-state index in [0.29, 0.717) is 10.9 Å². The van der Waals surface area contributed by atoms with Crippen molar-refractivity contribution in [3.05, 3.63) is 41.4 Å². The highest BCUT2D eigenvalue weighted by Crippen LogP contribution is 2.25. The molecule has 0 aliphatic carbocycles. The second-order valence-electron chi connectivity index (χ2n) is 5.98. The number of likely N-dealkylation sites (tertiary alicyclic amines) is 1. The van der Waals surface area contributed by atoms with Crippen molar-refractivity contribution in [2.45, 2.75) is 32.4 Å². The number of oxazole rings is 1. The topological polar surface area (TPSA) is 49.5 Å². The van der Waals surface area contributed by atoms with Crippen LogP contribution in [0.4, 0.5) is 0 Å². The van der Waals surface area contributed by atoms with E-state index in [1.54, 1.807) is 6.20 Å². The van der Waals surface area contributed by atoms with Gasteiger partial charge in [0.15, 0.2) is 5.76 Å². The molecule has 0 bridgehead atoms. The molecule has 1 atom stereocenters. The van der Waals surface area contributed by atoms with Gasteiger partial charge in [-0.1, -0.05) is 11.6 Å². The summed E-state index contributed by atoms with van der Waals surface area (Å²) in [4.78, 5) is 6.70. The van der Waals surface area contributed by atoms with Gasteiger partial charge in [-0.15, -0.1) is 0 Å². The van der Waals surface area contributed by atoms with Crippen molar-refractivity contribution in [2.75, 3.05) is 13.1 Å². The van der Waals surface area contributed by atoms with Gasteiger partial charge in [-0.3, -0.25) is 4.90 Å². The third-order valence-corrected chi connectivity index (χ3v) is 4.61. The van der Waals surface area contributed by atoms with Gasteiger partial charge in [-0.25, -0.2) is 4.98 Å². The van der Waals surface area contributed by atoms with E-state index in [9.17, 15) is 5.11 Å². The molecule has 0 saturated carbocycles. The molecule has 4 nitrogen and oxygen atoms in total. The van der Waals surface area contributed by atoms with Crippen LogP contribution in [-0.2, 0) is 6.54 Å². The van der Waals surface area contributed by atoms with E-state index in [0.717, 1.165) is 49.7 Å². The van der Waals surface area contributed by atoms with Crippen LogP contribution in [0.5, 0.6) is 0 Å². The fraction of sp³-hybridized carbons (Fsp3) is 0.471. The smallest absolute Gasteiger partial charge is 0.209 e. The van der Waals surface area contributed by atoms with Crippen molar-refractivity contribution >= 4 is 11.6 Å². The number of aliphatic hydroxyl groups excluding tert-OH is 1. The lowest BCUT2D eigenvalue weighted by molar-refractivity contribution is 0.0668. The molecular formula is C17H21ClN2O2. The Kier molecular flexibility index (Phi) is 4.81. The van der Waals surface area contributed by atoms with Gasteiger partial charge in [-0.05, 0) is 63.0 Å². The largest absolute Gasteiger partial charge is 0.439 e. The van der Waals surface area contributed by atoms with Crippen molar-refractivity contribution < 1.29 is 9.52 Å². The number of benzene rings is 1. The molecule has 118 valence electrons. The predicted molar refractivity (Wildman–Crippen MR) is 86.6 cm³/mol. The summed E-state index contributed by atoms with van der Waals surface area (Å²) in [6, 6.07) is 7.56. The molecule has 22 heavy (non-hydrogen) atoms. The van der Waals surface area contributed by atoms with E-state index in [-0.39, 0.29) is 6.10 Å². The fourth-order valence-corrected chi connectivity index (χ4v) is 3.04. The molecule has 1 aromatic heterocycles. The summed E-state index contributed by atoms with van der Waals surface area (Å²) in [5.74, 6) is 1.93. The van der Waals surface area contributed by atoms with Crippen molar-refractivity contribution in [2.24, 2.45) is 5.92 Å². The molecule has 1 unspecified atom stereocenters. The Hall–Kier alpha value is -1.36. The van der Waals surface area contributed by atoms with Crippen molar-refractivity contribution in [1.29, 1.82) is 0 Å². The highest BCUT2D eigenvalue weighted by atomic mass is 35.5. The van der Waals surface area contributed by atoms with Crippen LogP contribution in [0.2, 0.25) is 5.02 Å². The molecule has 1 aliphatic heterocycles. The van der Waals surface area contributed by atoms with Gasteiger partial charge in [0.2, 0.25) is 5.89 Å². The van der Waals surface area contributed by atoms with Gasteiger partial charge < -0.3 is 9.52 Å². The Morgan fingerprint density at radius 2 is 2.00 bits per heavy atom. The van der Waals surface area contributed by atoms with Crippen LogP contribution in [0.15, 0.2) is 34.9 Å². The Morgan fingerprint density at radius 3 is 2.64 bits per heavy atom. The van der Waals surface area contributed by atoms with E-state index in [4.69, 9.17) is 16.0 Å². The highest BCUT2D eigenvalue weighted by molar-refractivity contribution is 6.30. The molecule has 1 aliphatic rings. The maximum Gasteiger partial charge on any atom is 0.209 e. The van der Waals surface area contributed by atoms with Gasteiger partial charge in [0, 0.05) is 10.6 Å². The summed E-state index contributed by atoms with van der Waals surface area (Å²) < 4.78 is 5.84. The molecule has 5 heteroatoms. The summed E-state index contributed by atoms with van der Waals surface area (Å²) in [6.45, 7) is 4.56. The van der Waals surface area contributed by atoms with Crippen molar-refractivity contribution in [1.82, 2.24) is 9.88 Å². The molecule has 2 aromatic rings. The molecule has 0 amide bonds. The Morgan fingerprint density at radius 1 is 1.32 bits per heavy atom. The summed E-state index contributed by atoms with van der Waals surface area (Å²) in [6.07, 6.45) is 3.62. The van der Waals surface area contributed by atoms with Crippen molar-refractivity contribution in [3.8, 4) is 11.3 Å². The van der Waals surface area contributed by atoms with Gasteiger partial charge in [0.05, 0.1) is 18.8 Å². The van der Waals surface area contributed by atoms with E-state index in [2.05, 4.69) is 9.88 Å². The monoisotopic (exact) mass is 320 g/mol. The maximum absolute atomic E-state index is 9.64. The SMILES string of the molecule is CC(O)C1CCN(Cc2ncc(-c3ccc(Cl)cc3)o2)CC1. The average Bonchev–Trinajstić information content (AvgIpc) is 2.97. The molecule has 3 rings (SSSR count). The molecule has 1 aromatic carbocycles. The third kappa shape index (κ3) is 3.69. The third-order valence-electron chi connectivity index (χ3n) is 4.36. The second kappa shape index (κ2) is 6.82. The lowest BCUT2D eigenvalue weighted by Gasteiger charge is -2.32. The average molecular weight is 321 g/mol. The molecule has 0 spiro atoms. The first kappa shape index (κ1) is 15.5. The Bertz CT molecular complexity index is 601. The van der Waals surface area contributed by atoms with E-state index < -0.39 is 0 Å². The molecule has 1 N–H and O–H groups in total. The number of piperidine rings is 1. The fourth-order valence-electron chi connectivity index (χ4n) is 2.92. The zero-order valence-corrected chi connectivity index (χ0v) is 13.5. The number of aromatic nitrogens is 1. The van der Waals surface area contributed by atoms with Crippen LogP contribution >= 0.6 is 11.6 Å². The van der Waals surface area contributed by atoms with Gasteiger partial charge in [0.1, 0.15) is 0 Å². The Balaban J connectivity index is 1.59. The Labute approximate surface area is 135 Å². The maximum atomic E-state index is 9.64. The van der Waals surface area contributed by atoms with Gasteiger partial charge >= 0.3 is 0 Å². The number of hydrogen-bond donors (Lipinski definition) is 1. The standard InChI is InChI=1S/C17H21ClN2O2/c1-12(21)13-6-8-20(9-7-13)11-17-19-10-16(22-17)14-2-4-15(18)5-3-14/h2-5,10,12-13,21H,6-9,11H2,1H3. The molecular weight excluding hydrogens is 300 g/mol. The van der Waals surface area contributed by atoms with E-state index in [1.807, 2.05) is 31.2 Å². The van der Waals surface area contributed by atoms with Crippen LogP contribution in [0, 0.1) is 5.92 Å². The first-order chi connectivity index (χ1) is 10.6. The summed E-state index contributed by atoms with van der Waals surface area (Å²) in [7, 11) is 0. The summed E-state index contributed by atoms with van der Waals surface area (Å²) in [5, 5.41) is 10.4. The summed E-state index contributed by atoms with van der Waals surface area (Å²) >= 11 is 5.90. The van der Waals surface area contributed by atoms with Gasteiger partial charge in [-0.2, -0.15) is 0 Å². The zero-order chi connectivity index (χ0) is 15.5.